The van der Waals surface area contributed by atoms with E-state index in [4.69, 9.17) is 23.2 Å². The Labute approximate surface area is 253 Å². The number of halogens is 2. The van der Waals surface area contributed by atoms with Crippen LogP contribution in [0.2, 0.25) is 10.0 Å². The molecule has 0 radical (unpaired) electrons. The summed E-state index contributed by atoms with van der Waals surface area (Å²) in [7, 11) is -3.64. The molecule has 0 aliphatic rings. The molecule has 0 fully saturated rings. The van der Waals surface area contributed by atoms with Gasteiger partial charge in [0, 0.05) is 42.5 Å². The fraction of sp³-hybridized carbons (Fsp3) is 0.355. The summed E-state index contributed by atoms with van der Waals surface area (Å²) in [6, 6.07) is 21.1. The van der Waals surface area contributed by atoms with E-state index < -0.39 is 16.1 Å². The van der Waals surface area contributed by atoms with Crippen molar-refractivity contribution >= 4 is 50.7 Å². The number of amides is 2. The third-order valence-corrected chi connectivity index (χ3v) is 8.74. The van der Waals surface area contributed by atoms with Crippen molar-refractivity contribution in [2.45, 2.75) is 52.1 Å². The SMILES string of the molecule is CCCNC(=O)C(Cc1ccccc1)N(Cc1ccccc1Cl)C(=O)CCCN(c1cccc(Cl)c1C)S(C)(=O)=O. The zero-order valence-electron chi connectivity index (χ0n) is 23.6. The average molecular weight is 619 g/mol. The maximum Gasteiger partial charge on any atom is 0.243 e. The van der Waals surface area contributed by atoms with Crippen molar-refractivity contribution in [2.24, 2.45) is 0 Å². The second-order valence-electron chi connectivity index (χ2n) is 9.93. The fourth-order valence-electron chi connectivity index (χ4n) is 4.58. The highest BCUT2D eigenvalue weighted by Crippen LogP contribution is 2.29. The molecule has 2 amide bonds. The van der Waals surface area contributed by atoms with Gasteiger partial charge in [0.1, 0.15) is 6.04 Å². The Morgan fingerprint density at radius 1 is 0.927 bits per heavy atom. The van der Waals surface area contributed by atoms with Crippen LogP contribution in [0.4, 0.5) is 5.69 Å². The first-order valence-corrected chi connectivity index (χ1v) is 16.2. The Balaban J connectivity index is 1.90. The largest absolute Gasteiger partial charge is 0.354 e. The summed E-state index contributed by atoms with van der Waals surface area (Å²) < 4.78 is 26.7. The molecule has 10 heteroatoms. The summed E-state index contributed by atoms with van der Waals surface area (Å²) >= 11 is 12.7. The molecule has 220 valence electrons. The molecule has 1 unspecified atom stereocenters. The van der Waals surface area contributed by atoms with Crippen LogP contribution < -0.4 is 9.62 Å². The smallest absolute Gasteiger partial charge is 0.243 e. The molecule has 1 N–H and O–H groups in total. The molecule has 3 rings (SSSR count). The van der Waals surface area contributed by atoms with Crippen molar-refractivity contribution in [2.75, 3.05) is 23.7 Å². The third-order valence-electron chi connectivity index (χ3n) is 6.78. The number of sulfonamides is 1. The van der Waals surface area contributed by atoms with Crippen LogP contribution in [0.1, 0.15) is 42.9 Å². The van der Waals surface area contributed by atoms with Gasteiger partial charge in [0.25, 0.3) is 0 Å². The minimum atomic E-state index is -3.64. The minimum absolute atomic E-state index is 0.0302. The van der Waals surface area contributed by atoms with Crippen LogP contribution >= 0.6 is 23.2 Å². The van der Waals surface area contributed by atoms with Gasteiger partial charge in [-0.15, -0.1) is 0 Å². The number of hydrogen-bond acceptors (Lipinski definition) is 4. The number of benzene rings is 3. The van der Waals surface area contributed by atoms with E-state index in [1.54, 1.807) is 36.1 Å². The summed E-state index contributed by atoms with van der Waals surface area (Å²) in [4.78, 5) is 28.9. The first kappa shape index (κ1) is 32.4. The van der Waals surface area contributed by atoms with E-state index in [-0.39, 0.29) is 37.7 Å². The molecule has 0 bridgehead atoms. The van der Waals surface area contributed by atoms with Crippen LogP contribution in [0, 0.1) is 6.92 Å². The van der Waals surface area contributed by atoms with Crippen molar-refractivity contribution in [1.82, 2.24) is 10.2 Å². The van der Waals surface area contributed by atoms with E-state index >= 15 is 0 Å². The van der Waals surface area contributed by atoms with Crippen LogP contribution in [0.3, 0.4) is 0 Å². The van der Waals surface area contributed by atoms with E-state index in [0.717, 1.165) is 23.8 Å². The molecular weight excluding hydrogens is 581 g/mol. The number of carbonyl (C=O) groups excluding carboxylic acids is 2. The van der Waals surface area contributed by atoms with Gasteiger partial charge in [-0.3, -0.25) is 13.9 Å². The third kappa shape index (κ3) is 9.21. The van der Waals surface area contributed by atoms with Gasteiger partial charge in [0.15, 0.2) is 0 Å². The summed E-state index contributed by atoms with van der Waals surface area (Å²) in [5.74, 6) is -0.516. The van der Waals surface area contributed by atoms with Crippen LogP contribution in [-0.2, 0) is 32.6 Å². The van der Waals surface area contributed by atoms with Gasteiger partial charge in [-0.25, -0.2) is 8.42 Å². The van der Waals surface area contributed by atoms with Gasteiger partial charge in [0.2, 0.25) is 21.8 Å². The first-order valence-electron chi connectivity index (χ1n) is 13.6. The quantitative estimate of drug-likeness (QED) is 0.240. The summed E-state index contributed by atoms with van der Waals surface area (Å²) in [6.07, 6.45) is 2.48. The number of nitrogens with one attached hydrogen (secondary N) is 1. The number of rotatable bonds is 14. The Hall–Kier alpha value is -3.07. The van der Waals surface area contributed by atoms with E-state index in [2.05, 4.69) is 5.32 Å². The predicted octanol–water partition coefficient (Wildman–Crippen LogP) is 6.01. The lowest BCUT2D eigenvalue weighted by Gasteiger charge is -2.32. The molecule has 0 saturated heterocycles. The van der Waals surface area contributed by atoms with E-state index in [9.17, 15) is 18.0 Å². The van der Waals surface area contributed by atoms with Crippen LogP contribution in [-0.4, -0.2) is 50.5 Å². The maximum absolute atomic E-state index is 13.9. The molecule has 41 heavy (non-hydrogen) atoms. The highest BCUT2D eigenvalue weighted by Gasteiger charge is 2.31. The summed E-state index contributed by atoms with van der Waals surface area (Å²) in [5, 5.41) is 3.91. The van der Waals surface area contributed by atoms with Crippen LogP contribution in [0.5, 0.6) is 0 Å². The second-order valence-corrected chi connectivity index (χ2v) is 12.7. The van der Waals surface area contributed by atoms with Gasteiger partial charge >= 0.3 is 0 Å². The second kappa shape index (κ2) is 15.2. The lowest BCUT2D eigenvalue weighted by molar-refractivity contribution is -0.141. The van der Waals surface area contributed by atoms with Gasteiger partial charge in [-0.05, 0) is 54.7 Å². The van der Waals surface area contributed by atoms with E-state index in [1.165, 1.54) is 4.31 Å². The molecule has 3 aromatic rings. The highest BCUT2D eigenvalue weighted by molar-refractivity contribution is 7.92. The van der Waals surface area contributed by atoms with Crippen molar-refractivity contribution in [3.8, 4) is 0 Å². The average Bonchev–Trinajstić information content (AvgIpc) is 2.94. The van der Waals surface area contributed by atoms with Crippen molar-refractivity contribution < 1.29 is 18.0 Å². The molecule has 0 spiro atoms. The Morgan fingerprint density at radius 2 is 1.59 bits per heavy atom. The fourth-order valence-corrected chi connectivity index (χ4v) is 5.96. The van der Waals surface area contributed by atoms with Gasteiger partial charge in [-0.2, -0.15) is 0 Å². The topological polar surface area (TPSA) is 86.8 Å². The minimum Gasteiger partial charge on any atom is -0.354 e. The zero-order valence-corrected chi connectivity index (χ0v) is 26.0. The predicted molar refractivity (Wildman–Crippen MR) is 167 cm³/mol. The van der Waals surface area contributed by atoms with Crippen molar-refractivity contribution in [1.29, 1.82) is 0 Å². The maximum atomic E-state index is 13.9. The van der Waals surface area contributed by atoms with Crippen molar-refractivity contribution in [3.63, 3.8) is 0 Å². The Bertz CT molecular complexity index is 1430. The molecule has 7 nitrogen and oxygen atoms in total. The molecular formula is C31H37Cl2N3O4S. The lowest BCUT2D eigenvalue weighted by Crippen LogP contribution is -2.50. The zero-order chi connectivity index (χ0) is 30.0. The van der Waals surface area contributed by atoms with E-state index in [1.807, 2.05) is 55.5 Å². The molecule has 3 aromatic carbocycles. The van der Waals surface area contributed by atoms with Gasteiger partial charge in [0.05, 0.1) is 11.9 Å². The molecule has 0 aliphatic carbocycles. The molecule has 0 heterocycles. The number of nitrogens with zero attached hydrogens (tertiary/aromatic N) is 2. The molecule has 0 aromatic heterocycles. The molecule has 1 atom stereocenters. The normalized spacial score (nSPS) is 12.0. The first-order chi connectivity index (χ1) is 19.5. The summed E-state index contributed by atoms with van der Waals surface area (Å²) in [6.45, 7) is 4.43. The highest BCUT2D eigenvalue weighted by atomic mass is 35.5. The summed E-state index contributed by atoms with van der Waals surface area (Å²) in [5.41, 5.74) is 2.75. The number of carbonyl (C=O) groups is 2. The van der Waals surface area contributed by atoms with Crippen molar-refractivity contribution in [3.05, 3.63) is 99.5 Å². The Morgan fingerprint density at radius 3 is 2.24 bits per heavy atom. The number of hydrogen-bond donors (Lipinski definition) is 1. The van der Waals surface area contributed by atoms with E-state index in [0.29, 0.717) is 34.3 Å². The van der Waals surface area contributed by atoms with Crippen LogP contribution in [0.25, 0.3) is 0 Å². The number of anilines is 1. The van der Waals surface area contributed by atoms with Crippen LogP contribution in [0.15, 0.2) is 72.8 Å². The molecule has 0 aliphatic heterocycles. The van der Waals surface area contributed by atoms with Gasteiger partial charge in [-0.1, -0.05) is 84.7 Å². The standard InChI is InChI=1S/C31H37Cl2N3O4S/c1-4-19-34-31(38)29(21-24-12-6-5-7-13-24)35(22-25-14-8-9-15-27(25)33)30(37)18-11-20-36(41(3,39)40)28-17-10-16-26(32)23(28)2/h5-10,12-17,29H,4,11,18-22H2,1-3H3,(H,34,38). The molecule has 0 saturated carbocycles. The van der Waals surface area contributed by atoms with Gasteiger partial charge < -0.3 is 10.2 Å². The monoisotopic (exact) mass is 617 g/mol. The lowest BCUT2D eigenvalue weighted by atomic mass is 10.0. The Kier molecular flexibility index (Phi) is 12.1.